The largest absolute Gasteiger partial charge is 0.454 e. The zero-order valence-corrected chi connectivity index (χ0v) is 34.8. The molecular weight excluding hydrogens is 781 g/mol. The summed E-state index contributed by atoms with van der Waals surface area (Å²) < 4.78 is 13.3. The van der Waals surface area contributed by atoms with E-state index in [9.17, 15) is 0 Å². The Morgan fingerprint density at radius 1 is 0.250 bits per heavy atom. The van der Waals surface area contributed by atoms with Crippen LogP contribution in [0.5, 0.6) is 0 Å². The summed E-state index contributed by atoms with van der Waals surface area (Å²) in [7, 11) is 0. The molecule has 0 amide bonds. The van der Waals surface area contributed by atoms with Crippen LogP contribution < -0.4 is 9.80 Å². The molecule has 2 heterocycles. The van der Waals surface area contributed by atoms with Gasteiger partial charge in [-0.3, -0.25) is 0 Å². The number of nitrogens with zero attached hydrogens (tertiary/aromatic N) is 2. The molecule has 0 spiro atoms. The number of rotatable bonds is 9. The zero-order valence-electron chi connectivity index (χ0n) is 34.8. The Hall–Kier alpha value is -8.60. The lowest BCUT2D eigenvalue weighted by atomic mass is 9.95. The second kappa shape index (κ2) is 15.7. The van der Waals surface area contributed by atoms with E-state index in [1.807, 2.05) is 24.3 Å². The van der Waals surface area contributed by atoms with Gasteiger partial charge in [0.1, 0.15) is 11.2 Å². The maximum Gasteiger partial charge on any atom is 0.159 e. The number of hydrogen-bond acceptors (Lipinski definition) is 4. The summed E-state index contributed by atoms with van der Waals surface area (Å²) in [6, 6.07) is 85.7. The maximum atomic E-state index is 6.72. The molecule has 12 rings (SSSR count). The average molecular weight is 821 g/mol. The lowest BCUT2D eigenvalue weighted by Gasteiger charge is -2.28. The van der Waals surface area contributed by atoms with E-state index >= 15 is 0 Å². The minimum atomic E-state index is 0.843. The van der Waals surface area contributed by atoms with Crippen LogP contribution in [0.25, 0.3) is 77.3 Å². The second-order valence-corrected chi connectivity index (χ2v) is 16.1. The van der Waals surface area contributed by atoms with Crippen molar-refractivity contribution in [2.75, 3.05) is 9.80 Å². The molecule has 0 aliphatic heterocycles. The fourth-order valence-electron chi connectivity index (χ4n) is 9.23. The summed E-state index contributed by atoms with van der Waals surface area (Å²) >= 11 is 0. The van der Waals surface area contributed by atoms with Gasteiger partial charge in [0, 0.05) is 44.2 Å². The van der Waals surface area contributed by atoms with Crippen molar-refractivity contribution < 1.29 is 8.83 Å². The van der Waals surface area contributed by atoms with E-state index in [0.717, 1.165) is 106 Å². The van der Waals surface area contributed by atoms with Crippen molar-refractivity contribution in [1.82, 2.24) is 0 Å². The third-order valence-electron chi connectivity index (χ3n) is 12.3. The Morgan fingerprint density at radius 3 is 1.23 bits per heavy atom. The van der Waals surface area contributed by atoms with Gasteiger partial charge in [-0.25, -0.2) is 0 Å². The highest BCUT2D eigenvalue weighted by atomic mass is 16.3. The van der Waals surface area contributed by atoms with Gasteiger partial charge in [-0.05, 0) is 101 Å². The molecule has 0 fully saturated rings. The van der Waals surface area contributed by atoms with Gasteiger partial charge < -0.3 is 18.6 Å². The lowest BCUT2D eigenvalue weighted by molar-refractivity contribution is 0.668. The molecule has 4 nitrogen and oxygen atoms in total. The van der Waals surface area contributed by atoms with Crippen LogP contribution in [-0.2, 0) is 0 Å². The molecule has 302 valence electrons. The molecule has 2 aromatic heterocycles. The summed E-state index contributed by atoms with van der Waals surface area (Å²) in [5.41, 5.74) is 16.3. The smallest absolute Gasteiger partial charge is 0.159 e. The van der Waals surface area contributed by atoms with Crippen LogP contribution in [0.3, 0.4) is 0 Å². The highest BCUT2D eigenvalue weighted by Gasteiger charge is 2.24. The summed E-state index contributed by atoms with van der Waals surface area (Å²) in [4.78, 5) is 4.64. The Labute approximate surface area is 371 Å². The van der Waals surface area contributed by atoms with Gasteiger partial charge in [-0.1, -0.05) is 170 Å². The van der Waals surface area contributed by atoms with Crippen LogP contribution >= 0.6 is 0 Å². The predicted octanol–water partition coefficient (Wildman–Crippen LogP) is 17.4. The molecule has 12 aromatic rings. The number of anilines is 6. The van der Waals surface area contributed by atoms with Crippen molar-refractivity contribution in [3.05, 3.63) is 243 Å². The minimum Gasteiger partial charge on any atom is -0.454 e. The predicted molar refractivity (Wildman–Crippen MR) is 267 cm³/mol. The number of para-hydroxylation sites is 5. The third kappa shape index (κ3) is 6.48. The Morgan fingerprint density at radius 2 is 0.656 bits per heavy atom. The van der Waals surface area contributed by atoms with E-state index in [1.165, 1.54) is 5.56 Å². The van der Waals surface area contributed by atoms with E-state index in [2.05, 4.69) is 228 Å². The van der Waals surface area contributed by atoms with Crippen molar-refractivity contribution in [3.8, 4) is 33.4 Å². The number of benzene rings is 10. The second-order valence-electron chi connectivity index (χ2n) is 16.1. The van der Waals surface area contributed by atoms with Gasteiger partial charge in [0.05, 0.1) is 17.1 Å². The normalized spacial score (nSPS) is 11.4. The molecule has 0 saturated carbocycles. The monoisotopic (exact) mass is 820 g/mol. The maximum absolute atomic E-state index is 6.72. The first-order chi connectivity index (χ1) is 31.7. The zero-order chi connectivity index (χ0) is 42.4. The first kappa shape index (κ1) is 37.2. The number of fused-ring (bicyclic) bond motifs is 6. The van der Waals surface area contributed by atoms with Gasteiger partial charge >= 0.3 is 0 Å². The van der Waals surface area contributed by atoms with Crippen molar-refractivity contribution in [2.45, 2.75) is 0 Å². The first-order valence-electron chi connectivity index (χ1n) is 21.7. The van der Waals surface area contributed by atoms with Crippen LogP contribution in [0.15, 0.2) is 251 Å². The van der Waals surface area contributed by atoms with Gasteiger partial charge in [-0.15, -0.1) is 0 Å². The molecule has 0 aliphatic carbocycles. The van der Waals surface area contributed by atoms with E-state index in [0.29, 0.717) is 0 Å². The van der Waals surface area contributed by atoms with Crippen molar-refractivity contribution in [1.29, 1.82) is 0 Å². The van der Waals surface area contributed by atoms with Crippen LogP contribution in [0.4, 0.5) is 34.1 Å². The molecule has 64 heavy (non-hydrogen) atoms. The van der Waals surface area contributed by atoms with Crippen LogP contribution in [0.1, 0.15) is 0 Å². The summed E-state index contributed by atoms with van der Waals surface area (Å²) in [5.74, 6) is 0. The van der Waals surface area contributed by atoms with Crippen molar-refractivity contribution in [2.24, 2.45) is 0 Å². The van der Waals surface area contributed by atoms with E-state index < -0.39 is 0 Å². The average Bonchev–Trinajstić information content (AvgIpc) is 3.95. The van der Waals surface area contributed by atoms with Gasteiger partial charge in [0.25, 0.3) is 0 Å². The Balaban J connectivity index is 1.00. The first-order valence-corrected chi connectivity index (χ1v) is 21.7. The summed E-state index contributed by atoms with van der Waals surface area (Å²) in [6.45, 7) is 0. The Bertz CT molecular complexity index is 3590. The van der Waals surface area contributed by atoms with Gasteiger partial charge in [-0.2, -0.15) is 0 Å². The molecule has 0 bridgehead atoms. The Kier molecular flexibility index (Phi) is 9.12. The summed E-state index contributed by atoms with van der Waals surface area (Å²) in [6.07, 6.45) is 0. The summed E-state index contributed by atoms with van der Waals surface area (Å²) in [5, 5.41) is 4.38. The molecule has 0 unspecified atom stereocenters. The van der Waals surface area contributed by atoms with E-state index in [4.69, 9.17) is 8.83 Å². The third-order valence-corrected chi connectivity index (χ3v) is 12.3. The lowest BCUT2D eigenvalue weighted by Crippen LogP contribution is -2.11. The van der Waals surface area contributed by atoms with E-state index in [1.54, 1.807) is 0 Å². The van der Waals surface area contributed by atoms with Gasteiger partial charge in [0.15, 0.2) is 11.2 Å². The topological polar surface area (TPSA) is 32.8 Å². The van der Waals surface area contributed by atoms with Crippen molar-refractivity contribution in [3.63, 3.8) is 0 Å². The molecule has 0 atom stereocenters. The molecule has 10 aromatic carbocycles. The SMILES string of the molecule is c1ccc(-c2ccc(N(c3ccc(-c4ccc(N(c5ccccc5)c5cccc6c5oc5ccccc56)cc4)cc3-c3ccccc3)c3cccc4c3oc3ccccc34)cc2)cc1. The van der Waals surface area contributed by atoms with Crippen LogP contribution in [0, 0.1) is 0 Å². The van der Waals surface area contributed by atoms with Crippen LogP contribution in [-0.4, -0.2) is 0 Å². The quantitative estimate of drug-likeness (QED) is 0.145. The molecule has 4 heteroatoms. The fourth-order valence-corrected chi connectivity index (χ4v) is 9.23. The number of hydrogen-bond donors (Lipinski definition) is 0. The highest BCUT2D eigenvalue weighted by molar-refractivity contribution is 6.12. The number of furan rings is 2. The molecule has 0 saturated heterocycles. The highest BCUT2D eigenvalue weighted by Crippen LogP contribution is 2.47. The standard InChI is InChI=1S/C60H40N2O2/c1-4-16-41(17-5-1)42-30-37-48(38-31-42)62(56-27-15-25-52-50-23-11-13-29-58(50)64-60(52)56)54-39-34-45(40-53(54)44-18-6-2-7-19-44)43-32-35-47(36-33-43)61(46-20-8-3-9-21-46)55-26-14-24-51-49-22-10-12-28-57(49)63-59(51)55/h1-40H. The van der Waals surface area contributed by atoms with Crippen molar-refractivity contribution >= 4 is 78.0 Å². The van der Waals surface area contributed by atoms with Crippen LogP contribution in [0.2, 0.25) is 0 Å². The van der Waals surface area contributed by atoms with Gasteiger partial charge in [0.2, 0.25) is 0 Å². The molecule has 0 radical (unpaired) electrons. The molecule has 0 N–H and O–H groups in total. The fraction of sp³-hybridized carbons (Fsp3) is 0. The van der Waals surface area contributed by atoms with E-state index in [-0.39, 0.29) is 0 Å². The molecule has 0 aliphatic rings. The minimum absolute atomic E-state index is 0.843. The molecular formula is C60H40N2O2.